The highest BCUT2D eigenvalue weighted by atomic mass is 35.5. The molecule has 3 heterocycles. The molecule has 6 rings (SSSR count). The second kappa shape index (κ2) is 8.22. The van der Waals surface area contributed by atoms with Crippen LogP contribution >= 0.6 is 0 Å². The molecule has 34 heavy (non-hydrogen) atoms. The molecule has 3 nitrogen and oxygen atoms in total. The van der Waals surface area contributed by atoms with Gasteiger partial charge in [-0.3, -0.25) is 0 Å². The van der Waals surface area contributed by atoms with Gasteiger partial charge in [-0.15, -0.1) is 0 Å². The normalized spacial score (nSPS) is 11.9. The second-order valence-electron chi connectivity index (χ2n) is 8.16. The van der Waals surface area contributed by atoms with Crippen molar-refractivity contribution < 1.29 is 30.0 Å². The molecule has 7 heteroatoms. The third-order valence-electron chi connectivity index (χ3n) is 6.12. The van der Waals surface area contributed by atoms with E-state index in [0.717, 1.165) is 40.6 Å². The van der Waals surface area contributed by atoms with E-state index >= 15 is 0 Å². The van der Waals surface area contributed by atoms with Gasteiger partial charge in [-0.1, -0.05) is 48.5 Å². The van der Waals surface area contributed by atoms with Crippen LogP contribution < -0.4 is 16.8 Å². The monoisotopic (exact) mass is 477 g/mol. The van der Waals surface area contributed by atoms with Gasteiger partial charge in [0.25, 0.3) is 6.33 Å². The molecule has 0 aliphatic rings. The number of benzene rings is 3. The Morgan fingerprint density at radius 1 is 0.765 bits per heavy atom. The third-order valence-corrected chi connectivity index (χ3v) is 6.12. The van der Waals surface area contributed by atoms with E-state index in [9.17, 15) is 13.2 Å². The first-order valence-corrected chi connectivity index (χ1v) is 10.6. The predicted molar refractivity (Wildman–Crippen MR) is 122 cm³/mol. The van der Waals surface area contributed by atoms with Gasteiger partial charge >= 0.3 is 6.18 Å². The number of pyridine rings is 1. The van der Waals surface area contributed by atoms with E-state index in [4.69, 9.17) is 0 Å². The summed E-state index contributed by atoms with van der Waals surface area (Å²) >= 11 is 0. The highest BCUT2D eigenvalue weighted by Crippen LogP contribution is 2.32. The molecule has 0 unspecified atom stereocenters. The van der Waals surface area contributed by atoms with Crippen molar-refractivity contribution in [3.8, 4) is 5.69 Å². The molecule has 0 atom stereocenters. The Hall–Kier alpha value is -3.77. The molecular formula is C27H19ClF3N3. The van der Waals surface area contributed by atoms with E-state index in [1.54, 1.807) is 0 Å². The van der Waals surface area contributed by atoms with Crippen LogP contribution in [0.1, 0.15) is 11.1 Å². The fraction of sp³-hybridized carbons (Fsp3) is 0.0741. The minimum atomic E-state index is -4.35. The Bertz CT molecular complexity index is 1610. The predicted octanol–water partition coefficient (Wildman–Crippen LogP) is 3.40. The summed E-state index contributed by atoms with van der Waals surface area (Å²) in [5.74, 6) is 0. The van der Waals surface area contributed by atoms with E-state index in [0.29, 0.717) is 5.69 Å². The highest BCUT2D eigenvalue weighted by molar-refractivity contribution is 6.11. The van der Waals surface area contributed by atoms with E-state index < -0.39 is 11.7 Å². The van der Waals surface area contributed by atoms with Crippen molar-refractivity contribution in [2.24, 2.45) is 0 Å². The molecule has 3 aromatic heterocycles. The largest absolute Gasteiger partial charge is 1.00 e. The van der Waals surface area contributed by atoms with Crippen molar-refractivity contribution in [1.29, 1.82) is 0 Å². The molecule has 3 aromatic carbocycles. The van der Waals surface area contributed by atoms with Gasteiger partial charge < -0.3 is 17.0 Å². The number of rotatable bonds is 3. The number of halogens is 4. The molecule has 0 aliphatic carbocycles. The maximum atomic E-state index is 13.0. The minimum absolute atomic E-state index is 0. The van der Waals surface area contributed by atoms with Crippen molar-refractivity contribution in [1.82, 2.24) is 9.13 Å². The lowest BCUT2D eigenvalue weighted by Crippen LogP contribution is -3.00. The summed E-state index contributed by atoms with van der Waals surface area (Å²) in [5.41, 5.74) is 4.44. The van der Waals surface area contributed by atoms with Gasteiger partial charge in [-0.05, 0) is 42.0 Å². The maximum Gasteiger partial charge on any atom is 0.416 e. The SMILES string of the molecule is FC(F)(F)c1ccc(-n2cc3c4c(cc[n+]3c2)c2ccccc2n4Cc2ccccc2)cc1.[Cl-]. The molecule has 0 saturated carbocycles. The van der Waals surface area contributed by atoms with Crippen molar-refractivity contribution in [2.45, 2.75) is 12.7 Å². The summed E-state index contributed by atoms with van der Waals surface area (Å²) < 4.78 is 45.1. The zero-order valence-corrected chi connectivity index (χ0v) is 18.6. The summed E-state index contributed by atoms with van der Waals surface area (Å²) in [6, 6.07) is 26.0. The highest BCUT2D eigenvalue weighted by Gasteiger charge is 2.30. The lowest BCUT2D eigenvalue weighted by molar-refractivity contribution is -0.510. The first-order chi connectivity index (χ1) is 16.0. The number of alkyl halides is 3. The second-order valence-corrected chi connectivity index (χ2v) is 8.16. The molecular weight excluding hydrogens is 459 g/mol. The van der Waals surface area contributed by atoms with E-state index in [1.165, 1.54) is 23.1 Å². The van der Waals surface area contributed by atoms with Gasteiger partial charge in [0, 0.05) is 22.8 Å². The summed E-state index contributed by atoms with van der Waals surface area (Å²) in [6.07, 6.45) is 1.52. The molecule has 0 bridgehead atoms. The van der Waals surface area contributed by atoms with Crippen molar-refractivity contribution in [3.63, 3.8) is 0 Å². The Labute approximate surface area is 199 Å². The van der Waals surface area contributed by atoms with Gasteiger partial charge in [0.2, 0.25) is 0 Å². The van der Waals surface area contributed by atoms with Crippen molar-refractivity contribution in [2.75, 3.05) is 0 Å². The van der Waals surface area contributed by atoms with Crippen LogP contribution in [0.3, 0.4) is 0 Å². The van der Waals surface area contributed by atoms with Crippen LogP contribution in [0.5, 0.6) is 0 Å². The van der Waals surface area contributed by atoms with Gasteiger partial charge in [0.1, 0.15) is 17.4 Å². The van der Waals surface area contributed by atoms with Gasteiger partial charge in [-0.25, -0.2) is 8.97 Å². The number of hydrogen-bond donors (Lipinski definition) is 0. The lowest BCUT2D eigenvalue weighted by Gasteiger charge is -2.07. The summed E-state index contributed by atoms with van der Waals surface area (Å²) in [4.78, 5) is 0. The van der Waals surface area contributed by atoms with Gasteiger partial charge in [0.05, 0.1) is 11.8 Å². The fourth-order valence-corrected chi connectivity index (χ4v) is 4.55. The molecule has 0 aliphatic heterocycles. The molecule has 0 fully saturated rings. The lowest BCUT2D eigenvalue weighted by atomic mass is 10.2. The quantitative estimate of drug-likeness (QED) is 0.347. The third kappa shape index (κ3) is 3.60. The first-order valence-electron chi connectivity index (χ1n) is 10.6. The molecule has 0 radical (unpaired) electrons. The smallest absolute Gasteiger partial charge is 0.416 e. The average Bonchev–Trinajstić information content (AvgIpc) is 3.39. The van der Waals surface area contributed by atoms with Crippen LogP contribution in [0.15, 0.2) is 104 Å². The van der Waals surface area contributed by atoms with Crippen LogP contribution in [-0.2, 0) is 12.7 Å². The minimum Gasteiger partial charge on any atom is -1.00 e. The fourth-order valence-electron chi connectivity index (χ4n) is 4.55. The number of hydrogen-bond acceptors (Lipinski definition) is 0. The summed E-state index contributed by atoms with van der Waals surface area (Å²) in [6.45, 7) is 0.718. The van der Waals surface area contributed by atoms with E-state index in [-0.39, 0.29) is 12.4 Å². The van der Waals surface area contributed by atoms with Gasteiger partial charge in [-0.2, -0.15) is 13.2 Å². The Morgan fingerprint density at radius 3 is 2.21 bits per heavy atom. The number of imidazole rings is 1. The van der Waals surface area contributed by atoms with Crippen LogP contribution in [0.4, 0.5) is 13.2 Å². The molecule has 0 spiro atoms. The van der Waals surface area contributed by atoms with Gasteiger partial charge in [0.15, 0.2) is 5.52 Å². The molecule has 0 amide bonds. The first kappa shape index (κ1) is 22.0. The van der Waals surface area contributed by atoms with Crippen LogP contribution in [-0.4, -0.2) is 9.13 Å². The Balaban J connectivity index is 0.00000241. The van der Waals surface area contributed by atoms with Crippen LogP contribution in [0, 0.1) is 0 Å². The standard InChI is InChI=1S/C27H19F3N3.ClH/c28-27(29,30)20-10-12-21(13-11-20)32-17-25-26-23(14-15-31(25)18-32)22-8-4-5-9-24(22)33(26)16-19-6-2-1-3-7-19;/h1-15,17-18H,16H2;1H/q+1;/p-1. The van der Waals surface area contributed by atoms with Crippen molar-refractivity contribution >= 4 is 27.3 Å². The van der Waals surface area contributed by atoms with E-state index in [2.05, 4.69) is 34.9 Å². The van der Waals surface area contributed by atoms with E-state index in [1.807, 2.05) is 58.0 Å². The topological polar surface area (TPSA) is 14.0 Å². The molecule has 0 N–H and O–H groups in total. The zero-order chi connectivity index (χ0) is 22.6. The number of fused-ring (bicyclic) bond motifs is 5. The summed E-state index contributed by atoms with van der Waals surface area (Å²) in [7, 11) is 0. The zero-order valence-electron chi connectivity index (χ0n) is 17.9. The maximum absolute atomic E-state index is 13.0. The molecule has 0 saturated heterocycles. The number of aromatic nitrogens is 3. The number of para-hydroxylation sites is 1. The Kier molecular flexibility index (Phi) is 5.33. The molecule has 6 aromatic rings. The van der Waals surface area contributed by atoms with Crippen LogP contribution in [0.2, 0.25) is 0 Å². The molecule has 170 valence electrons. The summed E-state index contributed by atoms with van der Waals surface area (Å²) in [5, 5.41) is 2.32. The number of nitrogens with zero attached hydrogens (tertiary/aromatic N) is 3. The van der Waals surface area contributed by atoms with Crippen LogP contribution in [0.25, 0.3) is 33.0 Å². The average molecular weight is 478 g/mol. The Morgan fingerprint density at radius 2 is 1.47 bits per heavy atom. The van der Waals surface area contributed by atoms with Crippen molar-refractivity contribution in [3.05, 3.63) is 115 Å².